The molecule has 2 N–H and O–H groups in total. The van der Waals surface area contributed by atoms with Gasteiger partial charge in [-0.15, -0.1) is 0 Å². The highest BCUT2D eigenvalue weighted by Gasteiger charge is 2.38. The Morgan fingerprint density at radius 3 is 2.67 bits per heavy atom. The van der Waals surface area contributed by atoms with Crippen molar-refractivity contribution in [2.45, 2.75) is 31.2 Å². The summed E-state index contributed by atoms with van der Waals surface area (Å²) in [5.74, 6) is 2.45. The maximum absolute atomic E-state index is 6.24. The highest BCUT2D eigenvalue weighted by Crippen LogP contribution is 2.36. The summed E-state index contributed by atoms with van der Waals surface area (Å²) in [6, 6.07) is 6.06. The number of pyridine rings is 1. The van der Waals surface area contributed by atoms with Crippen molar-refractivity contribution in [2.24, 2.45) is 5.73 Å². The second-order valence-electron chi connectivity index (χ2n) is 6.79. The van der Waals surface area contributed by atoms with Crippen LogP contribution in [0.3, 0.4) is 0 Å². The molecule has 24 heavy (non-hydrogen) atoms. The second-order valence-corrected chi connectivity index (χ2v) is 6.79. The Kier molecular flexibility index (Phi) is 4.20. The number of anilines is 1. The van der Waals surface area contributed by atoms with Crippen molar-refractivity contribution in [3.8, 4) is 0 Å². The summed E-state index contributed by atoms with van der Waals surface area (Å²) in [7, 11) is 0. The van der Waals surface area contributed by atoms with Gasteiger partial charge < -0.3 is 15.2 Å². The molecule has 1 saturated heterocycles. The monoisotopic (exact) mass is 328 g/mol. The topological polar surface area (TPSA) is 84.3 Å². The zero-order chi connectivity index (χ0) is 16.4. The highest BCUT2D eigenvalue weighted by molar-refractivity contribution is 5.38. The van der Waals surface area contributed by atoms with E-state index in [-0.39, 0.29) is 5.54 Å². The van der Waals surface area contributed by atoms with Crippen LogP contribution in [0.2, 0.25) is 0 Å². The smallest absolute Gasteiger partial charge is 0.228 e. The average Bonchev–Trinajstić information content (AvgIpc) is 3.08. The number of rotatable bonds is 5. The fraction of sp³-hybridized carbons (Fsp3) is 0.588. The first-order valence-corrected chi connectivity index (χ1v) is 8.73. The Morgan fingerprint density at radius 1 is 1.17 bits per heavy atom. The lowest BCUT2D eigenvalue weighted by molar-refractivity contribution is 0.227. The lowest BCUT2D eigenvalue weighted by Gasteiger charge is -2.35. The van der Waals surface area contributed by atoms with Crippen molar-refractivity contribution in [3.63, 3.8) is 0 Å². The molecule has 3 heterocycles. The summed E-state index contributed by atoms with van der Waals surface area (Å²) < 4.78 is 5.38. The average molecular weight is 328 g/mol. The summed E-state index contributed by atoms with van der Waals surface area (Å²) >= 11 is 0. The first-order chi connectivity index (χ1) is 11.7. The molecule has 0 amide bonds. The van der Waals surface area contributed by atoms with Crippen LogP contribution < -0.4 is 10.6 Å². The summed E-state index contributed by atoms with van der Waals surface area (Å²) in [6.45, 7) is 4.99. The van der Waals surface area contributed by atoms with Crippen molar-refractivity contribution < 1.29 is 4.52 Å². The summed E-state index contributed by atoms with van der Waals surface area (Å²) in [6.07, 6.45) is 5.71. The van der Waals surface area contributed by atoms with E-state index in [1.807, 2.05) is 18.3 Å². The molecule has 1 aliphatic heterocycles. The van der Waals surface area contributed by atoms with Gasteiger partial charge >= 0.3 is 0 Å². The van der Waals surface area contributed by atoms with Crippen molar-refractivity contribution in [3.05, 3.63) is 36.1 Å². The lowest BCUT2D eigenvalue weighted by atomic mass is 9.77. The third kappa shape index (κ3) is 3.14. The zero-order valence-electron chi connectivity index (χ0n) is 13.9. The van der Waals surface area contributed by atoms with E-state index >= 15 is 0 Å². The molecule has 1 aliphatic carbocycles. The summed E-state index contributed by atoms with van der Waals surface area (Å²) in [5.41, 5.74) is 5.90. The van der Waals surface area contributed by atoms with Crippen LogP contribution in [0.4, 0.5) is 5.82 Å². The standard InChI is InChI=1S/C17H24N6O/c18-17(6-3-7-17)16-20-15(24-21-16)5-9-22-10-12-23(13-11-22)14-4-1-2-8-19-14/h1-2,4,8H,3,5-7,9-13,18H2. The fourth-order valence-electron chi connectivity index (χ4n) is 3.34. The predicted octanol–water partition coefficient (Wildman–Crippen LogP) is 1.17. The minimum Gasteiger partial charge on any atom is -0.354 e. The number of hydrogen-bond donors (Lipinski definition) is 1. The zero-order valence-corrected chi connectivity index (χ0v) is 13.9. The third-order valence-electron chi connectivity index (χ3n) is 5.15. The Bertz CT molecular complexity index is 661. The van der Waals surface area contributed by atoms with Crippen molar-refractivity contribution >= 4 is 5.82 Å². The fourth-order valence-corrected chi connectivity index (χ4v) is 3.34. The molecule has 1 saturated carbocycles. The van der Waals surface area contributed by atoms with Crippen LogP contribution in [0.15, 0.2) is 28.9 Å². The number of nitrogens with zero attached hydrogens (tertiary/aromatic N) is 5. The van der Waals surface area contributed by atoms with Gasteiger partial charge in [-0.3, -0.25) is 4.90 Å². The van der Waals surface area contributed by atoms with Crippen molar-refractivity contribution in [1.82, 2.24) is 20.0 Å². The minimum atomic E-state index is -0.337. The lowest BCUT2D eigenvalue weighted by Crippen LogP contribution is -2.47. The van der Waals surface area contributed by atoms with E-state index in [2.05, 4.69) is 31.0 Å². The van der Waals surface area contributed by atoms with Gasteiger partial charge in [0.1, 0.15) is 5.82 Å². The van der Waals surface area contributed by atoms with Gasteiger partial charge in [-0.1, -0.05) is 11.2 Å². The van der Waals surface area contributed by atoms with E-state index in [4.69, 9.17) is 10.3 Å². The second kappa shape index (κ2) is 6.49. The molecule has 7 nitrogen and oxygen atoms in total. The van der Waals surface area contributed by atoms with Gasteiger partial charge in [-0.25, -0.2) is 4.98 Å². The maximum atomic E-state index is 6.24. The van der Waals surface area contributed by atoms with Gasteiger partial charge in [-0.05, 0) is 31.4 Å². The molecule has 0 unspecified atom stereocenters. The SMILES string of the molecule is NC1(c2noc(CCN3CCN(c4ccccn4)CC3)n2)CCC1. The van der Waals surface area contributed by atoms with Gasteiger partial charge in [0.15, 0.2) is 5.82 Å². The first-order valence-electron chi connectivity index (χ1n) is 8.73. The molecule has 7 heteroatoms. The van der Waals surface area contributed by atoms with Crippen LogP contribution in [0, 0.1) is 0 Å². The van der Waals surface area contributed by atoms with E-state index in [1.54, 1.807) is 0 Å². The van der Waals surface area contributed by atoms with Crippen molar-refractivity contribution in [1.29, 1.82) is 0 Å². The number of nitrogens with two attached hydrogens (primary N) is 1. The quantitative estimate of drug-likeness (QED) is 0.882. The molecule has 2 aliphatic rings. The normalized spacial score (nSPS) is 20.8. The molecule has 0 atom stereocenters. The summed E-state index contributed by atoms with van der Waals surface area (Å²) in [5, 5.41) is 4.08. The van der Waals surface area contributed by atoms with Crippen LogP contribution in [-0.4, -0.2) is 52.7 Å². The van der Waals surface area contributed by atoms with E-state index in [0.717, 1.165) is 64.2 Å². The molecule has 0 bridgehead atoms. The molecule has 2 aromatic heterocycles. The summed E-state index contributed by atoms with van der Waals surface area (Å²) in [4.78, 5) is 13.7. The predicted molar refractivity (Wildman–Crippen MR) is 90.6 cm³/mol. The Hall–Kier alpha value is -1.99. The van der Waals surface area contributed by atoms with Crippen LogP contribution in [0.1, 0.15) is 31.0 Å². The van der Waals surface area contributed by atoms with Crippen LogP contribution in [-0.2, 0) is 12.0 Å². The van der Waals surface area contributed by atoms with Gasteiger partial charge in [-0.2, -0.15) is 4.98 Å². The van der Waals surface area contributed by atoms with Crippen LogP contribution in [0.5, 0.6) is 0 Å². The molecule has 128 valence electrons. The first kappa shape index (κ1) is 15.5. The molecule has 2 fully saturated rings. The molecular weight excluding hydrogens is 304 g/mol. The highest BCUT2D eigenvalue weighted by atomic mass is 16.5. The molecule has 0 spiro atoms. The molecular formula is C17H24N6O. The minimum absolute atomic E-state index is 0.337. The van der Waals surface area contributed by atoms with Gasteiger partial charge in [0.2, 0.25) is 5.89 Å². The number of hydrogen-bond acceptors (Lipinski definition) is 7. The van der Waals surface area contributed by atoms with Gasteiger partial charge in [0.25, 0.3) is 0 Å². The molecule has 4 rings (SSSR count). The van der Waals surface area contributed by atoms with Crippen molar-refractivity contribution in [2.75, 3.05) is 37.6 Å². The van der Waals surface area contributed by atoms with Crippen LogP contribution >= 0.6 is 0 Å². The van der Waals surface area contributed by atoms with Gasteiger partial charge in [0.05, 0.1) is 5.54 Å². The number of piperazine rings is 1. The Morgan fingerprint density at radius 2 is 2.00 bits per heavy atom. The largest absolute Gasteiger partial charge is 0.354 e. The van der Waals surface area contributed by atoms with E-state index < -0.39 is 0 Å². The maximum Gasteiger partial charge on any atom is 0.228 e. The molecule has 2 aromatic rings. The van der Waals surface area contributed by atoms with Crippen LogP contribution in [0.25, 0.3) is 0 Å². The van der Waals surface area contributed by atoms with Gasteiger partial charge in [0, 0.05) is 45.3 Å². The Balaban J connectivity index is 1.26. The number of aromatic nitrogens is 3. The van der Waals surface area contributed by atoms with E-state index in [9.17, 15) is 0 Å². The Labute approximate surface area is 141 Å². The third-order valence-corrected chi connectivity index (χ3v) is 5.15. The molecule has 0 aromatic carbocycles. The van der Waals surface area contributed by atoms with E-state index in [0.29, 0.717) is 11.7 Å². The molecule has 0 radical (unpaired) electrons. The van der Waals surface area contributed by atoms with E-state index in [1.165, 1.54) is 0 Å².